The molecule has 0 spiro atoms. The fraction of sp³-hybridized carbons (Fsp3) is 0.143. The van der Waals surface area contributed by atoms with Crippen molar-refractivity contribution in [2.45, 2.75) is 6.92 Å². The summed E-state index contributed by atoms with van der Waals surface area (Å²) in [7, 11) is 1.84. The minimum atomic E-state index is -0.979. The van der Waals surface area contributed by atoms with Gasteiger partial charge >= 0.3 is 5.97 Å². The van der Waals surface area contributed by atoms with E-state index in [1.165, 1.54) is 18.5 Å². The highest BCUT2D eigenvalue weighted by Crippen LogP contribution is 2.24. The largest absolute Gasteiger partial charge is 0.478 e. The molecule has 0 aliphatic rings. The topological polar surface area (TPSA) is 92.9 Å². The van der Waals surface area contributed by atoms with E-state index in [0.717, 1.165) is 16.8 Å². The van der Waals surface area contributed by atoms with Gasteiger partial charge in [-0.2, -0.15) is 5.10 Å². The fourth-order valence-corrected chi connectivity index (χ4v) is 2.14. The number of rotatable bonds is 3. The lowest BCUT2D eigenvalue weighted by molar-refractivity contribution is 0.0697. The number of benzene rings is 1. The molecule has 21 heavy (non-hydrogen) atoms. The molecule has 2 heterocycles. The molecule has 7 heteroatoms. The van der Waals surface area contributed by atoms with Gasteiger partial charge in [0.25, 0.3) is 0 Å². The van der Waals surface area contributed by atoms with Crippen molar-refractivity contribution in [3.63, 3.8) is 0 Å². The molecule has 3 aromatic rings. The molecule has 0 saturated carbocycles. The molecule has 0 fully saturated rings. The third-order valence-electron chi connectivity index (χ3n) is 3.15. The van der Waals surface area contributed by atoms with Crippen molar-refractivity contribution in [3.8, 4) is 0 Å². The van der Waals surface area contributed by atoms with E-state index in [4.69, 9.17) is 5.11 Å². The van der Waals surface area contributed by atoms with Crippen molar-refractivity contribution in [2.75, 3.05) is 5.32 Å². The van der Waals surface area contributed by atoms with Crippen molar-refractivity contribution in [3.05, 3.63) is 42.0 Å². The first-order valence-electron chi connectivity index (χ1n) is 6.30. The summed E-state index contributed by atoms with van der Waals surface area (Å²) in [6.45, 7) is 1.90. The highest BCUT2D eigenvalue weighted by molar-refractivity contribution is 5.97. The minimum Gasteiger partial charge on any atom is -0.478 e. The van der Waals surface area contributed by atoms with Crippen LogP contribution in [0.2, 0.25) is 0 Å². The Kier molecular flexibility index (Phi) is 3.02. The number of aromatic nitrogens is 4. The maximum Gasteiger partial charge on any atom is 0.335 e. The normalized spacial score (nSPS) is 10.8. The quantitative estimate of drug-likeness (QED) is 0.764. The molecular formula is C14H13N5O2. The number of carboxylic acids is 1. The lowest BCUT2D eigenvalue weighted by Crippen LogP contribution is -1.99. The fourth-order valence-electron chi connectivity index (χ4n) is 2.14. The molecule has 0 amide bonds. The van der Waals surface area contributed by atoms with Crippen molar-refractivity contribution >= 4 is 28.4 Å². The molecule has 2 aromatic heterocycles. The summed E-state index contributed by atoms with van der Waals surface area (Å²) in [6, 6.07) is 4.77. The second kappa shape index (κ2) is 4.86. The average Bonchev–Trinajstić information content (AvgIpc) is 2.76. The van der Waals surface area contributed by atoms with Gasteiger partial charge in [-0.05, 0) is 25.1 Å². The average molecular weight is 283 g/mol. The highest BCUT2D eigenvalue weighted by Gasteiger charge is 2.10. The van der Waals surface area contributed by atoms with Crippen molar-refractivity contribution in [1.82, 2.24) is 19.7 Å². The van der Waals surface area contributed by atoms with Crippen LogP contribution in [0.15, 0.2) is 30.7 Å². The lowest BCUT2D eigenvalue weighted by Gasteiger charge is -2.07. The van der Waals surface area contributed by atoms with Crippen LogP contribution in [0.1, 0.15) is 16.1 Å². The third-order valence-corrected chi connectivity index (χ3v) is 3.15. The first kappa shape index (κ1) is 13.0. The van der Waals surface area contributed by atoms with Crippen LogP contribution in [0.4, 0.5) is 11.5 Å². The summed E-state index contributed by atoms with van der Waals surface area (Å²) in [6.07, 6.45) is 3.26. The van der Waals surface area contributed by atoms with Gasteiger partial charge in [0.2, 0.25) is 0 Å². The molecule has 3 rings (SSSR count). The molecule has 7 nitrogen and oxygen atoms in total. The number of hydrogen-bond donors (Lipinski definition) is 2. The minimum absolute atomic E-state index is 0.199. The number of aromatic carboxylic acids is 1. The first-order valence-corrected chi connectivity index (χ1v) is 6.30. The van der Waals surface area contributed by atoms with E-state index < -0.39 is 5.97 Å². The third kappa shape index (κ3) is 2.40. The summed E-state index contributed by atoms with van der Waals surface area (Å²) in [5.74, 6) is -0.360. The molecule has 0 aliphatic heterocycles. The van der Waals surface area contributed by atoms with E-state index in [0.29, 0.717) is 11.3 Å². The molecule has 106 valence electrons. The summed E-state index contributed by atoms with van der Waals surface area (Å²) < 4.78 is 1.71. The zero-order valence-corrected chi connectivity index (χ0v) is 11.5. The number of carbonyl (C=O) groups is 1. The van der Waals surface area contributed by atoms with Gasteiger partial charge in [0.15, 0.2) is 0 Å². The zero-order chi connectivity index (χ0) is 15.0. The maximum atomic E-state index is 11.0. The van der Waals surface area contributed by atoms with Crippen LogP contribution < -0.4 is 5.32 Å². The van der Waals surface area contributed by atoms with Gasteiger partial charge in [-0.3, -0.25) is 4.68 Å². The number of carboxylic acid groups (broad SMARTS) is 1. The molecule has 0 unspecified atom stereocenters. The summed E-state index contributed by atoms with van der Waals surface area (Å²) in [5.41, 5.74) is 2.48. The van der Waals surface area contributed by atoms with E-state index in [1.807, 2.05) is 20.2 Å². The monoisotopic (exact) mass is 283 g/mol. The Hall–Kier alpha value is -2.96. The number of fused-ring (bicyclic) bond motifs is 1. The van der Waals surface area contributed by atoms with Crippen molar-refractivity contribution < 1.29 is 9.90 Å². The Labute approximate surface area is 120 Å². The molecule has 0 bridgehead atoms. The maximum absolute atomic E-state index is 11.0. The molecular weight excluding hydrogens is 270 g/mol. The predicted octanol–water partition coefficient (Wildman–Crippen LogP) is 2.11. The number of anilines is 2. The van der Waals surface area contributed by atoms with Crippen LogP contribution in [-0.2, 0) is 7.05 Å². The van der Waals surface area contributed by atoms with Crippen LogP contribution in [0.25, 0.3) is 10.9 Å². The standard InChI is InChI=1S/C14H13N5O2/c1-8-12(6-19(2)18-8)17-13-10-4-3-9(14(20)21)5-11(10)15-7-16-13/h3-7H,1-2H3,(H,20,21)(H,15,16,17). The lowest BCUT2D eigenvalue weighted by atomic mass is 10.1. The van der Waals surface area contributed by atoms with Gasteiger partial charge in [-0.25, -0.2) is 14.8 Å². The van der Waals surface area contributed by atoms with Gasteiger partial charge < -0.3 is 10.4 Å². The van der Waals surface area contributed by atoms with Crippen molar-refractivity contribution in [2.24, 2.45) is 7.05 Å². The number of aryl methyl sites for hydroxylation is 2. The van der Waals surface area contributed by atoms with Crippen LogP contribution in [-0.4, -0.2) is 30.8 Å². The molecule has 2 N–H and O–H groups in total. The second-order valence-electron chi connectivity index (χ2n) is 4.69. The van der Waals surface area contributed by atoms with E-state index in [-0.39, 0.29) is 5.56 Å². The van der Waals surface area contributed by atoms with Gasteiger partial charge in [0, 0.05) is 18.6 Å². The smallest absolute Gasteiger partial charge is 0.335 e. The van der Waals surface area contributed by atoms with E-state index in [9.17, 15) is 4.79 Å². The summed E-state index contributed by atoms with van der Waals surface area (Å²) in [5, 5.41) is 17.2. The predicted molar refractivity (Wildman–Crippen MR) is 77.7 cm³/mol. The molecule has 0 radical (unpaired) electrons. The second-order valence-corrected chi connectivity index (χ2v) is 4.69. The Bertz CT molecular complexity index is 840. The Balaban J connectivity index is 2.07. The van der Waals surface area contributed by atoms with Crippen LogP contribution >= 0.6 is 0 Å². The van der Waals surface area contributed by atoms with Gasteiger partial charge in [0.05, 0.1) is 22.5 Å². The summed E-state index contributed by atoms with van der Waals surface area (Å²) in [4.78, 5) is 19.3. The Morgan fingerprint density at radius 3 is 2.81 bits per heavy atom. The van der Waals surface area contributed by atoms with E-state index in [1.54, 1.807) is 10.7 Å². The van der Waals surface area contributed by atoms with Crippen LogP contribution in [0.5, 0.6) is 0 Å². The molecule has 1 aromatic carbocycles. The number of nitrogens with zero attached hydrogens (tertiary/aromatic N) is 4. The Morgan fingerprint density at radius 1 is 1.33 bits per heavy atom. The number of hydrogen-bond acceptors (Lipinski definition) is 5. The van der Waals surface area contributed by atoms with E-state index in [2.05, 4.69) is 20.4 Å². The zero-order valence-electron chi connectivity index (χ0n) is 11.5. The van der Waals surface area contributed by atoms with Gasteiger partial charge in [0.1, 0.15) is 12.1 Å². The summed E-state index contributed by atoms with van der Waals surface area (Å²) >= 11 is 0. The first-order chi connectivity index (χ1) is 10.0. The number of nitrogens with one attached hydrogen (secondary N) is 1. The van der Waals surface area contributed by atoms with Crippen LogP contribution in [0, 0.1) is 6.92 Å². The van der Waals surface area contributed by atoms with Gasteiger partial charge in [-0.1, -0.05) is 0 Å². The van der Waals surface area contributed by atoms with Crippen molar-refractivity contribution in [1.29, 1.82) is 0 Å². The molecule has 0 atom stereocenters. The molecule has 0 aliphatic carbocycles. The Morgan fingerprint density at radius 2 is 2.14 bits per heavy atom. The van der Waals surface area contributed by atoms with E-state index >= 15 is 0 Å². The van der Waals surface area contributed by atoms with Gasteiger partial charge in [-0.15, -0.1) is 0 Å². The highest BCUT2D eigenvalue weighted by atomic mass is 16.4. The SMILES string of the molecule is Cc1nn(C)cc1Nc1ncnc2cc(C(=O)O)ccc12. The molecule has 0 saturated heterocycles. The van der Waals surface area contributed by atoms with Crippen LogP contribution in [0.3, 0.4) is 0 Å².